The van der Waals surface area contributed by atoms with Crippen molar-refractivity contribution in [1.82, 2.24) is 5.32 Å². The van der Waals surface area contributed by atoms with Crippen LogP contribution in [0.4, 0.5) is 13.2 Å². The van der Waals surface area contributed by atoms with Crippen LogP contribution in [0.1, 0.15) is 25.8 Å². The van der Waals surface area contributed by atoms with E-state index in [4.69, 9.17) is 0 Å². The molecule has 2 rings (SSSR count). The fraction of sp³-hybridized carbons (Fsp3) is 0.500. The van der Waals surface area contributed by atoms with Gasteiger partial charge in [0.1, 0.15) is 0 Å². The monoisotopic (exact) mass is 335 g/mol. The average molecular weight is 335 g/mol. The molecule has 0 saturated carbocycles. The molecule has 22 heavy (non-hydrogen) atoms. The van der Waals surface area contributed by atoms with E-state index in [1.807, 2.05) is 0 Å². The van der Waals surface area contributed by atoms with Crippen LogP contribution in [0.25, 0.3) is 0 Å². The molecule has 1 aliphatic rings. The summed E-state index contributed by atoms with van der Waals surface area (Å²) in [6.07, 6.45) is -4.56. The number of nitrogens with one attached hydrogen (secondary N) is 1. The molecule has 0 aromatic heterocycles. The minimum atomic E-state index is -4.61. The van der Waals surface area contributed by atoms with Crippen molar-refractivity contribution in [1.29, 1.82) is 0 Å². The van der Waals surface area contributed by atoms with Gasteiger partial charge in [0.05, 0.1) is 15.2 Å². The number of halogens is 3. The van der Waals surface area contributed by atoms with Gasteiger partial charge in [-0.3, -0.25) is 4.79 Å². The van der Waals surface area contributed by atoms with Gasteiger partial charge in [-0.2, -0.15) is 13.2 Å². The Kier molecular flexibility index (Phi) is 4.01. The molecule has 1 heterocycles. The molecule has 1 fully saturated rings. The summed E-state index contributed by atoms with van der Waals surface area (Å²) >= 11 is 0. The molecule has 122 valence electrons. The third kappa shape index (κ3) is 2.84. The number of alkyl halides is 3. The van der Waals surface area contributed by atoms with Gasteiger partial charge in [0.2, 0.25) is 5.91 Å². The predicted molar refractivity (Wildman–Crippen MR) is 73.8 cm³/mol. The highest BCUT2D eigenvalue weighted by Gasteiger charge is 2.46. The fourth-order valence-electron chi connectivity index (χ4n) is 2.46. The summed E-state index contributed by atoms with van der Waals surface area (Å²) in [4.78, 5) is 10.9. The van der Waals surface area contributed by atoms with Gasteiger partial charge in [-0.05, 0) is 32.0 Å². The van der Waals surface area contributed by atoms with E-state index in [0.29, 0.717) is 6.07 Å². The van der Waals surface area contributed by atoms with Crippen molar-refractivity contribution in [3.8, 4) is 0 Å². The smallest absolute Gasteiger partial charge is 0.356 e. The minimum absolute atomic E-state index is 0.0468. The molecular weight excluding hydrogens is 319 g/mol. The molecular formula is C14H16F3NO3S. The molecule has 0 unspecified atom stereocenters. The molecule has 0 spiro atoms. The lowest BCUT2D eigenvalue weighted by molar-refractivity contribution is -0.137. The van der Waals surface area contributed by atoms with E-state index in [-0.39, 0.29) is 23.8 Å². The van der Waals surface area contributed by atoms with Crippen molar-refractivity contribution in [3.05, 3.63) is 29.8 Å². The molecule has 1 aromatic carbocycles. The summed E-state index contributed by atoms with van der Waals surface area (Å²) < 4.78 is 62.4. The highest BCUT2D eigenvalue weighted by Crippen LogP contribution is 2.37. The zero-order valence-electron chi connectivity index (χ0n) is 12.1. The first kappa shape index (κ1) is 16.8. The number of benzene rings is 1. The number of hydrogen-bond donors (Lipinski definition) is 1. The van der Waals surface area contributed by atoms with Crippen LogP contribution in [0.3, 0.4) is 0 Å². The summed E-state index contributed by atoms with van der Waals surface area (Å²) in [7, 11) is -4.02. The Bertz CT molecular complexity index is 696. The van der Waals surface area contributed by atoms with Crippen LogP contribution in [0.15, 0.2) is 29.2 Å². The molecule has 1 amide bonds. The van der Waals surface area contributed by atoms with Gasteiger partial charge in [0.15, 0.2) is 9.84 Å². The van der Waals surface area contributed by atoms with E-state index in [1.54, 1.807) is 0 Å². The summed E-state index contributed by atoms with van der Waals surface area (Å²) in [6, 6.07) is 3.69. The Morgan fingerprint density at radius 1 is 1.23 bits per heavy atom. The largest absolute Gasteiger partial charge is 0.416 e. The van der Waals surface area contributed by atoms with Gasteiger partial charge in [-0.15, -0.1) is 0 Å². The van der Waals surface area contributed by atoms with Crippen molar-refractivity contribution < 1.29 is 26.4 Å². The van der Waals surface area contributed by atoms with Gasteiger partial charge in [0, 0.05) is 18.9 Å². The quantitative estimate of drug-likeness (QED) is 0.922. The molecule has 4 nitrogen and oxygen atoms in total. The summed E-state index contributed by atoms with van der Waals surface area (Å²) in [5.74, 6) is -0.739. The van der Waals surface area contributed by atoms with Crippen molar-refractivity contribution >= 4 is 15.7 Å². The summed E-state index contributed by atoms with van der Waals surface area (Å²) in [5, 5.41) is 2.55. The number of carbonyl (C=O) groups is 1. The number of rotatable bonds is 3. The predicted octanol–water partition coefficient (Wildman–Crippen LogP) is 2.39. The lowest BCUT2D eigenvalue weighted by Crippen LogP contribution is -2.41. The van der Waals surface area contributed by atoms with Crippen LogP contribution in [0, 0.1) is 5.92 Å². The SMILES string of the molecule is CC(C)([C@H]1CNC(=O)C1)S(=O)(=O)c1cccc(C(F)(F)F)c1. The third-order valence-corrected chi connectivity index (χ3v) is 6.72. The standard InChI is InChI=1S/C14H16F3NO3S/c1-13(2,10-7-12(19)18-8-10)22(20,21)11-5-3-4-9(6-11)14(15,16)17/h3-6,10H,7-8H2,1-2H3,(H,18,19)/t10-/m1/s1. The van der Waals surface area contributed by atoms with Crippen LogP contribution in [-0.4, -0.2) is 25.6 Å². The Labute approximate surface area is 126 Å². The molecule has 0 radical (unpaired) electrons. The number of hydrogen-bond acceptors (Lipinski definition) is 3. The second-order valence-corrected chi connectivity index (χ2v) is 8.37. The van der Waals surface area contributed by atoms with Crippen molar-refractivity contribution in [2.24, 2.45) is 5.92 Å². The van der Waals surface area contributed by atoms with Crippen LogP contribution >= 0.6 is 0 Å². The lowest BCUT2D eigenvalue weighted by atomic mass is 9.94. The second kappa shape index (κ2) is 5.26. The highest BCUT2D eigenvalue weighted by molar-refractivity contribution is 7.92. The number of sulfone groups is 1. The second-order valence-electron chi connectivity index (χ2n) is 5.84. The maximum Gasteiger partial charge on any atom is 0.416 e. The summed E-state index contributed by atoms with van der Waals surface area (Å²) in [6.45, 7) is 3.07. The third-order valence-electron chi connectivity index (χ3n) is 4.12. The van der Waals surface area contributed by atoms with Gasteiger partial charge >= 0.3 is 6.18 Å². The average Bonchev–Trinajstić information content (AvgIpc) is 2.85. The van der Waals surface area contributed by atoms with E-state index in [1.165, 1.54) is 13.8 Å². The molecule has 1 aromatic rings. The van der Waals surface area contributed by atoms with Crippen molar-refractivity contribution in [2.45, 2.75) is 36.1 Å². The zero-order valence-corrected chi connectivity index (χ0v) is 12.9. The Hall–Kier alpha value is -1.57. The Morgan fingerprint density at radius 2 is 1.86 bits per heavy atom. The molecule has 8 heteroatoms. The normalized spacial score (nSPS) is 20.0. The summed E-state index contributed by atoms with van der Waals surface area (Å²) in [5.41, 5.74) is -1.01. The topological polar surface area (TPSA) is 63.2 Å². The number of amides is 1. The maximum absolute atomic E-state index is 12.8. The van der Waals surface area contributed by atoms with E-state index in [9.17, 15) is 26.4 Å². The fourth-order valence-corrected chi connectivity index (χ4v) is 4.21. The first-order valence-corrected chi connectivity index (χ1v) is 8.13. The van der Waals surface area contributed by atoms with Crippen LogP contribution < -0.4 is 5.32 Å². The molecule has 1 atom stereocenters. The van der Waals surface area contributed by atoms with Crippen LogP contribution in [0.5, 0.6) is 0 Å². The lowest BCUT2D eigenvalue weighted by Gasteiger charge is -2.30. The molecule has 1 saturated heterocycles. The van der Waals surface area contributed by atoms with Gasteiger partial charge in [-0.1, -0.05) is 6.07 Å². The van der Waals surface area contributed by atoms with E-state index in [2.05, 4.69) is 5.32 Å². The molecule has 0 bridgehead atoms. The van der Waals surface area contributed by atoms with E-state index >= 15 is 0 Å². The number of carbonyl (C=O) groups excluding carboxylic acids is 1. The molecule has 0 aliphatic carbocycles. The van der Waals surface area contributed by atoms with Crippen molar-refractivity contribution in [3.63, 3.8) is 0 Å². The molecule has 1 N–H and O–H groups in total. The minimum Gasteiger partial charge on any atom is -0.356 e. The van der Waals surface area contributed by atoms with E-state index in [0.717, 1.165) is 18.2 Å². The van der Waals surface area contributed by atoms with Gasteiger partial charge < -0.3 is 5.32 Å². The van der Waals surface area contributed by atoms with Crippen LogP contribution in [0.2, 0.25) is 0 Å². The van der Waals surface area contributed by atoms with Gasteiger partial charge in [0.25, 0.3) is 0 Å². The van der Waals surface area contributed by atoms with E-state index < -0.39 is 32.2 Å². The molecule has 1 aliphatic heterocycles. The van der Waals surface area contributed by atoms with Crippen LogP contribution in [-0.2, 0) is 20.8 Å². The zero-order chi connectivity index (χ0) is 16.8. The Balaban J connectivity index is 2.44. The maximum atomic E-state index is 12.8. The van der Waals surface area contributed by atoms with Crippen molar-refractivity contribution in [2.75, 3.05) is 6.54 Å². The Morgan fingerprint density at radius 3 is 2.36 bits per heavy atom. The first-order chi connectivity index (χ1) is 9.96. The highest BCUT2D eigenvalue weighted by atomic mass is 32.2. The first-order valence-electron chi connectivity index (χ1n) is 6.65. The van der Waals surface area contributed by atoms with Gasteiger partial charge in [-0.25, -0.2) is 8.42 Å².